The number of nitrogens with zero attached hydrogens (tertiary/aromatic N) is 2. The van der Waals surface area contributed by atoms with Gasteiger partial charge in [0, 0.05) is 18.8 Å². The summed E-state index contributed by atoms with van der Waals surface area (Å²) in [6, 6.07) is 3.19. The van der Waals surface area contributed by atoms with Crippen LogP contribution in [0.4, 0.5) is 0 Å². The monoisotopic (exact) mass is 278 g/mol. The molecule has 0 bridgehead atoms. The van der Waals surface area contributed by atoms with Crippen LogP contribution in [0.2, 0.25) is 0 Å². The number of likely N-dealkylation sites (tertiary alicyclic amines) is 1. The largest absolute Gasteiger partial charge is 0.477 e. The molecule has 1 saturated heterocycles. The van der Waals surface area contributed by atoms with Gasteiger partial charge < -0.3 is 14.6 Å². The van der Waals surface area contributed by atoms with Crippen molar-refractivity contribution in [1.29, 1.82) is 0 Å². The third kappa shape index (κ3) is 3.10. The molecule has 0 unspecified atom stereocenters. The average Bonchev–Trinajstić information content (AvgIpc) is 2.89. The second-order valence-corrected chi connectivity index (χ2v) is 5.64. The first kappa shape index (κ1) is 14.8. The molecule has 1 aliphatic heterocycles. The van der Waals surface area contributed by atoms with Crippen LogP contribution in [-0.2, 0) is 6.54 Å². The number of aromatic nitrogens is 1. The minimum absolute atomic E-state index is 0.143. The van der Waals surface area contributed by atoms with E-state index in [0.717, 1.165) is 25.3 Å². The number of pyridine rings is 1. The van der Waals surface area contributed by atoms with Gasteiger partial charge in [0.2, 0.25) is 0 Å². The number of rotatable bonds is 5. The Bertz CT molecular complexity index is 543. The number of carboxylic acids is 1. The summed E-state index contributed by atoms with van der Waals surface area (Å²) in [6.45, 7) is 7.55. The topological polar surface area (TPSA) is 62.5 Å². The van der Waals surface area contributed by atoms with Gasteiger partial charge in [-0.15, -0.1) is 0 Å². The molecule has 5 heteroatoms. The van der Waals surface area contributed by atoms with Gasteiger partial charge in [0.25, 0.3) is 5.56 Å². The van der Waals surface area contributed by atoms with Gasteiger partial charge in [-0.05, 0) is 44.0 Å². The highest BCUT2D eigenvalue weighted by Crippen LogP contribution is 2.14. The Labute approximate surface area is 118 Å². The van der Waals surface area contributed by atoms with Crippen molar-refractivity contribution in [2.24, 2.45) is 0 Å². The molecule has 0 atom stereocenters. The minimum Gasteiger partial charge on any atom is -0.477 e. The van der Waals surface area contributed by atoms with Gasteiger partial charge in [-0.1, -0.05) is 13.8 Å². The zero-order valence-electron chi connectivity index (χ0n) is 12.1. The maximum absolute atomic E-state index is 12.3. The molecule has 2 rings (SSSR count). The number of carbonyl (C=O) groups is 1. The van der Waals surface area contributed by atoms with Gasteiger partial charge in [-0.25, -0.2) is 4.79 Å². The lowest BCUT2D eigenvalue weighted by Crippen LogP contribution is -2.33. The number of aromatic carboxylic acids is 1. The predicted molar refractivity (Wildman–Crippen MR) is 77.4 cm³/mol. The third-order valence-corrected chi connectivity index (χ3v) is 3.87. The van der Waals surface area contributed by atoms with Crippen molar-refractivity contribution in [2.75, 3.05) is 19.6 Å². The van der Waals surface area contributed by atoms with E-state index in [9.17, 15) is 9.59 Å². The zero-order valence-corrected chi connectivity index (χ0v) is 12.1. The van der Waals surface area contributed by atoms with Gasteiger partial charge in [-0.2, -0.15) is 0 Å². The van der Waals surface area contributed by atoms with Crippen LogP contribution in [0.1, 0.15) is 48.7 Å². The average molecular weight is 278 g/mol. The van der Waals surface area contributed by atoms with Crippen LogP contribution in [0.3, 0.4) is 0 Å². The summed E-state index contributed by atoms with van der Waals surface area (Å²) in [4.78, 5) is 25.7. The van der Waals surface area contributed by atoms with Gasteiger partial charge in [0.15, 0.2) is 0 Å². The van der Waals surface area contributed by atoms with E-state index in [2.05, 4.69) is 4.90 Å². The first-order chi connectivity index (χ1) is 9.50. The van der Waals surface area contributed by atoms with Crippen molar-refractivity contribution in [3.8, 4) is 0 Å². The molecule has 1 aliphatic rings. The van der Waals surface area contributed by atoms with E-state index in [1.807, 2.05) is 13.8 Å². The molecule has 1 aromatic heterocycles. The molecule has 1 N–H and O–H groups in total. The molecule has 20 heavy (non-hydrogen) atoms. The zero-order chi connectivity index (χ0) is 14.7. The van der Waals surface area contributed by atoms with Crippen LogP contribution in [0.5, 0.6) is 0 Å². The quantitative estimate of drug-likeness (QED) is 0.891. The Kier molecular flexibility index (Phi) is 4.60. The molecular formula is C15H22N2O3. The fourth-order valence-electron chi connectivity index (χ4n) is 2.74. The molecule has 110 valence electrons. The highest BCUT2D eigenvalue weighted by molar-refractivity contribution is 5.87. The lowest BCUT2D eigenvalue weighted by molar-refractivity contribution is 0.0694. The van der Waals surface area contributed by atoms with E-state index >= 15 is 0 Å². The highest BCUT2D eigenvalue weighted by Gasteiger charge is 2.17. The fraction of sp³-hybridized carbons (Fsp3) is 0.600. The molecular weight excluding hydrogens is 256 g/mol. The van der Waals surface area contributed by atoms with Gasteiger partial charge in [0.05, 0.1) is 0 Å². The molecule has 0 saturated carbocycles. The van der Waals surface area contributed by atoms with Crippen molar-refractivity contribution in [3.05, 3.63) is 33.7 Å². The van der Waals surface area contributed by atoms with Crippen molar-refractivity contribution in [1.82, 2.24) is 9.47 Å². The van der Waals surface area contributed by atoms with Crippen molar-refractivity contribution in [2.45, 2.75) is 39.2 Å². The van der Waals surface area contributed by atoms with E-state index in [1.165, 1.54) is 18.9 Å². The van der Waals surface area contributed by atoms with E-state index in [4.69, 9.17) is 5.11 Å². The Balaban J connectivity index is 2.29. The molecule has 1 fully saturated rings. The van der Waals surface area contributed by atoms with Crippen molar-refractivity contribution < 1.29 is 9.90 Å². The molecule has 0 amide bonds. The summed E-state index contributed by atoms with van der Waals surface area (Å²) in [5.74, 6) is -0.954. The second-order valence-electron chi connectivity index (χ2n) is 5.64. The van der Waals surface area contributed by atoms with Crippen LogP contribution in [0.25, 0.3) is 0 Å². The Morgan fingerprint density at radius 3 is 2.45 bits per heavy atom. The van der Waals surface area contributed by atoms with Gasteiger partial charge in [-0.3, -0.25) is 4.79 Å². The molecule has 0 spiro atoms. The predicted octanol–water partition coefficient (Wildman–Crippen LogP) is 1.77. The Morgan fingerprint density at radius 1 is 1.25 bits per heavy atom. The second kappa shape index (κ2) is 6.22. The van der Waals surface area contributed by atoms with Crippen LogP contribution < -0.4 is 5.56 Å². The molecule has 2 heterocycles. The normalized spacial score (nSPS) is 15.9. The molecule has 0 radical (unpaired) electrons. The van der Waals surface area contributed by atoms with E-state index < -0.39 is 5.97 Å². The maximum Gasteiger partial charge on any atom is 0.341 e. The maximum atomic E-state index is 12.3. The SMILES string of the molecule is CC(C)c1ccc(C(=O)O)c(=O)n1CCN1CCCC1. The Hall–Kier alpha value is -1.62. The summed E-state index contributed by atoms with van der Waals surface area (Å²) in [6.07, 6.45) is 2.42. The summed E-state index contributed by atoms with van der Waals surface area (Å²) in [5.41, 5.74) is 0.373. The van der Waals surface area contributed by atoms with Gasteiger partial charge in [0.1, 0.15) is 5.56 Å². The van der Waals surface area contributed by atoms with Crippen LogP contribution in [-0.4, -0.2) is 40.2 Å². The first-order valence-corrected chi connectivity index (χ1v) is 7.20. The lowest BCUT2D eigenvalue weighted by Gasteiger charge is -2.20. The summed E-state index contributed by atoms with van der Waals surface area (Å²) < 4.78 is 1.63. The smallest absolute Gasteiger partial charge is 0.341 e. The lowest BCUT2D eigenvalue weighted by atomic mass is 10.1. The molecule has 0 aromatic carbocycles. The standard InChI is InChI=1S/C15H22N2O3/c1-11(2)13-6-5-12(15(19)20)14(18)17(13)10-9-16-7-3-4-8-16/h5-6,11H,3-4,7-10H2,1-2H3,(H,19,20). The summed E-state index contributed by atoms with van der Waals surface area (Å²) >= 11 is 0. The molecule has 0 aliphatic carbocycles. The van der Waals surface area contributed by atoms with Gasteiger partial charge >= 0.3 is 5.97 Å². The number of hydrogen-bond acceptors (Lipinski definition) is 3. The van der Waals surface area contributed by atoms with Crippen LogP contribution in [0, 0.1) is 0 Å². The third-order valence-electron chi connectivity index (χ3n) is 3.87. The summed E-state index contributed by atoms with van der Waals surface area (Å²) in [7, 11) is 0. The first-order valence-electron chi connectivity index (χ1n) is 7.20. The fourth-order valence-corrected chi connectivity index (χ4v) is 2.74. The van der Waals surface area contributed by atoms with Crippen LogP contribution >= 0.6 is 0 Å². The Morgan fingerprint density at radius 2 is 1.90 bits per heavy atom. The summed E-state index contributed by atoms with van der Waals surface area (Å²) in [5, 5.41) is 9.08. The number of carboxylic acid groups (broad SMARTS) is 1. The van der Waals surface area contributed by atoms with E-state index in [-0.39, 0.29) is 17.0 Å². The van der Waals surface area contributed by atoms with Crippen molar-refractivity contribution >= 4 is 5.97 Å². The van der Waals surface area contributed by atoms with Crippen molar-refractivity contribution in [3.63, 3.8) is 0 Å². The van der Waals surface area contributed by atoms with Crippen LogP contribution in [0.15, 0.2) is 16.9 Å². The minimum atomic E-state index is -1.15. The van der Waals surface area contributed by atoms with E-state index in [0.29, 0.717) is 6.54 Å². The van der Waals surface area contributed by atoms with E-state index in [1.54, 1.807) is 10.6 Å². The number of hydrogen-bond donors (Lipinski definition) is 1. The molecule has 5 nitrogen and oxygen atoms in total. The molecule has 1 aromatic rings. The highest BCUT2D eigenvalue weighted by atomic mass is 16.4.